The first-order valence-electron chi connectivity index (χ1n) is 7.11. The van der Waals surface area contributed by atoms with Crippen molar-refractivity contribution in [2.45, 2.75) is 37.5 Å². The Balaban J connectivity index is 1.73. The molecule has 1 atom stereocenters. The maximum atomic E-state index is 3.50. The zero-order valence-corrected chi connectivity index (χ0v) is 12.2. The van der Waals surface area contributed by atoms with Crippen molar-refractivity contribution in [1.82, 2.24) is 5.32 Å². The molecule has 2 heteroatoms. The molecule has 1 fully saturated rings. The van der Waals surface area contributed by atoms with Gasteiger partial charge in [0.1, 0.15) is 0 Å². The maximum absolute atomic E-state index is 3.50. The summed E-state index contributed by atoms with van der Waals surface area (Å²) in [6, 6.07) is 9.00. The molecule has 1 aromatic carbocycles. The lowest BCUT2D eigenvalue weighted by atomic mass is 9.69. The summed E-state index contributed by atoms with van der Waals surface area (Å²) in [4.78, 5) is 1.52. The molecule has 0 amide bonds. The monoisotopic (exact) mass is 261 g/mol. The van der Waals surface area contributed by atoms with Crippen molar-refractivity contribution in [2.24, 2.45) is 11.3 Å². The number of hydrogen-bond acceptors (Lipinski definition) is 2. The summed E-state index contributed by atoms with van der Waals surface area (Å²) in [5, 5.41) is 3.50. The van der Waals surface area contributed by atoms with Crippen LogP contribution in [-0.2, 0) is 0 Å². The molecule has 98 valence electrons. The van der Waals surface area contributed by atoms with Crippen molar-refractivity contribution in [3.05, 3.63) is 29.8 Å². The zero-order valence-electron chi connectivity index (χ0n) is 11.4. The van der Waals surface area contributed by atoms with Gasteiger partial charge in [-0.05, 0) is 41.7 Å². The van der Waals surface area contributed by atoms with Crippen LogP contribution in [0.3, 0.4) is 0 Å². The SMILES string of the molecule is CC(C)CC1(CC2CSc3ccccc32)CNC1. The highest BCUT2D eigenvalue weighted by Gasteiger charge is 2.40. The van der Waals surface area contributed by atoms with Crippen LogP contribution in [0.25, 0.3) is 0 Å². The van der Waals surface area contributed by atoms with Crippen molar-refractivity contribution in [3.63, 3.8) is 0 Å². The fourth-order valence-corrected chi connectivity index (χ4v) is 4.89. The van der Waals surface area contributed by atoms with E-state index < -0.39 is 0 Å². The van der Waals surface area contributed by atoms with Gasteiger partial charge in [-0.15, -0.1) is 11.8 Å². The maximum Gasteiger partial charge on any atom is 0.0107 e. The minimum atomic E-state index is 0.580. The molecule has 3 rings (SSSR count). The van der Waals surface area contributed by atoms with Gasteiger partial charge < -0.3 is 5.32 Å². The van der Waals surface area contributed by atoms with E-state index in [-0.39, 0.29) is 0 Å². The quantitative estimate of drug-likeness (QED) is 0.882. The highest BCUT2D eigenvalue weighted by atomic mass is 32.2. The Morgan fingerprint density at radius 1 is 1.33 bits per heavy atom. The normalized spacial score (nSPS) is 24.9. The van der Waals surface area contributed by atoms with Crippen molar-refractivity contribution < 1.29 is 0 Å². The van der Waals surface area contributed by atoms with Gasteiger partial charge >= 0.3 is 0 Å². The molecular formula is C16H23NS. The van der Waals surface area contributed by atoms with E-state index in [1.54, 1.807) is 5.56 Å². The lowest BCUT2D eigenvalue weighted by molar-refractivity contribution is 0.110. The van der Waals surface area contributed by atoms with Crippen LogP contribution >= 0.6 is 11.8 Å². The van der Waals surface area contributed by atoms with Crippen LogP contribution in [0.1, 0.15) is 38.2 Å². The molecule has 2 heterocycles. The van der Waals surface area contributed by atoms with Crippen LogP contribution in [0, 0.1) is 11.3 Å². The first-order chi connectivity index (χ1) is 8.69. The van der Waals surface area contributed by atoms with Crippen molar-refractivity contribution in [3.8, 4) is 0 Å². The number of benzene rings is 1. The first kappa shape index (κ1) is 12.6. The minimum absolute atomic E-state index is 0.580. The highest BCUT2D eigenvalue weighted by molar-refractivity contribution is 7.99. The Bertz CT molecular complexity index is 423. The average Bonchev–Trinajstić information content (AvgIpc) is 2.69. The number of thioether (sulfide) groups is 1. The summed E-state index contributed by atoms with van der Waals surface area (Å²) >= 11 is 2.05. The third-order valence-electron chi connectivity index (χ3n) is 4.32. The van der Waals surface area contributed by atoms with E-state index in [4.69, 9.17) is 0 Å². The number of nitrogens with one attached hydrogen (secondary N) is 1. The molecule has 2 aliphatic heterocycles. The molecule has 1 aromatic rings. The number of fused-ring (bicyclic) bond motifs is 1. The van der Waals surface area contributed by atoms with E-state index in [0.717, 1.165) is 11.8 Å². The van der Waals surface area contributed by atoms with E-state index in [0.29, 0.717) is 5.41 Å². The van der Waals surface area contributed by atoms with Crippen LogP contribution in [0.15, 0.2) is 29.2 Å². The van der Waals surface area contributed by atoms with E-state index in [2.05, 4.69) is 43.4 Å². The van der Waals surface area contributed by atoms with Gasteiger partial charge in [0.25, 0.3) is 0 Å². The van der Waals surface area contributed by atoms with Crippen LogP contribution < -0.4 is 5.32 Å². The summed E-state index contributed by atoms with van der Waals surface area (Å²) in [6.07, 6.45) is 2.76. The lowest BCUT2D eigenvalue weighted by Crippen LogP contribution is -2.54. The second kappa shape index (κ2) is 4.90. The standard InChI is InChI=1S/C16H23NS/c1-12(2)7-16(10-17-11-16)8-13-9-18-15-6-4-3-5-14(13)15/h3-6,12-13,17H,7-11H2,1-2H3. The third-order valence-corrected chi connectivity index (χ3v) is 5.57. The molecule has 1 saturated heterocycles. The summed E-state index contributed by atoms with van der Waals surface area (Å²) in [5.41, 5.74) is 2.19. The van der Waals surface area contributed by atoms with Crippen LogP contribution in [0.2, 0.25) is 0 Å². The molecule has 1 N–H and O–H groups in total. The molecule has 0 aromatic heterocycles. The lowest BCUT2D eigenvalue weighted by Gasteiger charge is -2.45. The van der Waals surface area contributed by atoms with Gasteiger partial charge in [0, 0.05) is 23.7 Å². The molecule has 0 aliphatic carbocycles. The molecule has 0 radical (unpaired) electrons. The van der Waals surface area contributed by atoms with Gasteiger partial charge in [-0.3, -0.25) is 0 Å². The molecule has 1 unspecified atom stereocenters. The van der Waals surface area contributed by atoms with Crippen molar-refractivity contribution >= 4 is 11.8 Å². The smallest absolute Gasteiger partial charge is 0.0107 e. The fraction of sp³-hybridized carbons (Fsp3) is 0.625. The fourth-order valence-electron chi connectivity index (χ4n) is 3.64. The van der Waals surface area contributed by atoms with Crippen LogP contribution in [0.5, 0.6) is 0 Å². The zero-order chi connectivity index (χ0) is 12.6. The molecule has 0 bridgehead atoms. The van der Waals surface area contributed by atoms with Gasteiger partial charge in [-0.2, -0.15) is 0 Å². The Morgan fingerprint density at radius 2 is 2.11 bits per heavy atom. The predicted molar refractivity (Wildman–Crippen MR) is 79.3 cm³/mol. The Hall–Kier alpha value is -0.470. The topological polar surface area (TPSA) is 12.0 Å². The Labute approximate surface area is 115 Å². The van der Waals surface area contributed by atoms with E-state index >= 15 is 0 Å². The minimum Gasteiger partial charge on any atom is -0.316 e. The Morgan fingerprint density at radius 3 is 2.78 bits per heavy atom. The van der Waals surface area contributed by atoms with Gasteiger partial charge in [-0.25, -0.2) is 0 Å². The van der Waals surface area contributed by atoms with Gasteiger partial charge in [-0.1, -0.05) is 32.0 Å². The molecule has 18 heavy (non-hydrogen) atoms. The van der Waals surface area contributed by atoms with E-state index in [1.807, 2.05) is 11.8 Å². The number of hydrogen-bond donors (Lipinski definition) is 1. The summed E-state index contributed by atoms with van der Waals surface area (Å²) < 4.78 is 0. The Kier molecular flexibility index (Phi) is 3.42. The van der Waals surface area contributed by atoms with Crippen molar-refractivity contribution in [2.75, 3.05) is 18.8 Å². The molecule has 1 nitrogen and oxygen atoms in total. The average molecular weight is 261 g/mol. The summed E-state index contributed by atoms with van der Waals surface area (Å²) in [6.45, 7) is 7.18. The second-order valence-corrected chi connectivity index (χ2v) is 7.51. The highest BCUT2D eigenvalue weighted by Crippen LogP contribution is 2.47. The second-order valence-electron chi connectivity index (χ2n) is 6.45. The third kappa shape index (κ3) is 2.33. The van der Waals surface area contributed by atoms with Gasteiger partial charge in [0.15, 0.2) is 0 Å². The van der Waals surface area contributed by atoms with Crippen LogP contribution in [-0.4, -0.2) is 18.8 Å². The molecular weight excluding hydrogens is 238 g/mol. The summed E-state index contributed by atoms with van der Waals surface area (Å²) in [5.74, 6) is 2.89. The van der Waals surface area contributed by atoms with E-state index in [1.165, 1.54) is 36.6 Å². The van der Waals surface area contributed by atoms with Gasteiger partial charge in [0.05, 0.1) is 0 Å². The molecule has 0 saturated carbocycles. The van der Waals surface area contributed by atoms with E-state index in [9.17, 15) is 0 Å². The van der Waals surface area contributed by atoms with Crippen LogP contribution in [0.4, 0.5) is 0 Å². The van der Waals surface area contributed by atoms with Gasteiger partial charge in [0.2, 0.25) is 0 Å². The first-order valence-corrected chi connectivity index (χ1v) is 8.10. The number of rotatable bonds is 4. The largest absolute Gasteiger partial charge is 0.316 e. The summed E-state index contributed by atoms with van der Waals surface area (Å²) in [7, 11) is 0. The molecule has 2 aliphatic rings. The molecule has 0 spiro atoms. The van der Waals surface area contributed by atoms with Crippen molar-refractivity contribution in [1.29, 1.82) is 0 Å². The predicted octanol–water partition coefficient (Wildman–Crippen LogP) is 3.90.